The standard InChI is InChI=1S/C9H15NO/c10-8-11-7-6-9-4-2-1-3-5-9/h9H,1-7H2. The Labute approximate surface area is 68.2 Å². The van der Waals surface area contributed by atoms with Crippen LogP contribution in [0.5, 0.6) is 0 Å². The Morgan fingerprint density at radius 3 is 2.64 bits per heavy atom. The smallest absolute Gasteiger partial charge is 0.286 e. The monoisotopic (exact) mass is 153 g/mol. The van der Waals surface area contributed by atoms with E-state index in [4.69, 9.17) is 5.26 Å². The van der Waals surface area contributed by atoms with E-state index in [1.54, 1.807) is 6.26 Å². The quantitative estimate of drug-likeness (QED) is 0.461. The van der Waals surface area contributed by atoms with Crippen LogP contribution < -0.4 is 0 Å². The molecule has 0 heterocycles. The molecule has 11 heavy (non-hydrogen) atoms. The number of nitrogens with zero attached hydrogens (tertiary/aromatic N) is 1. The fraction of sp³-hybridized carbons (Fsp3) is 0.889. The average molecular weight is 153 g/mol. The molecule has 0 aromatic carbocycles. The number of hydrogen-bond acceptors (Lipinski definition) is 2. The van der Waals surface area contributed by atoms with E-state index in [0.717, 1.165) is 12.3 Å². The lowest BCUT2D eigenvalue weighted by molar-refractivity contribution is 0.217. The van der Waals surface area contributed by atoms with Gasteiger partial charge in [-0.2, -0.15) is 5.26 Å². The summed E-state index contributed by atoms with van der Waals surface area (Å²) in [6.07, 6.45) is 9.61. The molecular weight excluding hydrogens is 138 g/mol. The van der Waals surface area contributed by atoms with Gasteiger partial charge >= 0.3 is 0 Å². The van der Waals surface area contributed by atoms with E-state index < -0.39 is 0 Å². The van der Waals surface area contributed by atoms with Crippen molar-refractivity contribution >= 4 is 0 Å². The van der Waals surface area contributed by atoms with Crippen LogP contribution in [0.15, 0.2) is 0 Å². The molecule has 0 saturated heterocycles. The Morgan fingerprint density at radius 1 is 1.27 bits per heavy atom. The third-order valence-electron chi connectivity index (χ3n) is 2.42. The summed E-state index contributed by atoms with van der Waals surface area (Å²) in [5.74, 6) is 0.831. The zero-order valence-corrected chi connectivity index (χ0v) is 6.88. The number of rotatable bonds is 3. The Hall–Kier alpha value is -0.710. The highest BCUT2D eigenvalue weighted by molar-refractivity contribution is 4.65. The number of hydrogen-bond donors (Lipinski definition) is 0. The summed E-state index contributed by atoms with van der Waals surface area (Å²) in [5.41, 5.74) is 0. The highest BCUT2D eigenvalue weighted by Crippen LogP contribution is 2.25. The second kappa shape index (κ2) is 5.01. The van der Waals surface area contributed by atoms with Gasteiger partial charge < -0.3 is 4.74 Å². The van der Waals surface area contributed by atoms with Gasteiger partial charge in [-0.1, -0.05) is 32.1 Å². The van der Waals surface area contributed by atoms with Crippen molar-refractivity contribution in [3.63, 3.8) is 0 Å². The van der Waals surface area contributed by atoms with E-state index in [0.29, 0.717) is 6.61 Å². The van der Waals surface area contributed by atoms with E-state index in [1.165, 1.54) is 32.1 Å². The van der Waals surface area contributed by atoms with Gasteiger partial charge in [0.2, 0.25) is 0 Å². The molecule has 0 N–H and O–H groups in total. The van der Waals surface area contributed by atoms with E-state index in [1.807, 2.05) is 0 Å². The number of ether oxygens (including phenoxy) is 1. The summed E-state index contributed by atoms with van der Waals surface area (Å²) in [5, 5.41) is 8.12. The molecular formula is C9H15NO. The molecule has 0 aliphatic heterocycles. The van der Waals surface area contributed by atoms with Crippen molar-refractivity contribution in [1.82, 2.24) is 0 Å². The van der Waals surface area contributed by atoms with Gasteiger partial charge in [-0.05, 0) is 12.3 Å². The van der Waals surface area contributed by atoms with Crippen LogP contribution in [0.25, 0.3) is 0 Å². The van der Waals surface area contributed by atoms with Crippen molar-refractivity contribution in [3.05, 3.63) is 0 Å². The van der Waals surface area contributed by atoms with E-state index in [-0.39, 0.29) is 0 Å². The highest BCUT2D eigenvalue weighted by atomic mass is 16.5. The first-order chi connectivity index (χ1) is 5.43. The van der Waals surface area contributed by atoms with Crippen LogP contribution in [-0.4, -0.2) is 6.61 Å². The molecule has 0 atom stereocenters. The first-order valence-electron chi connectivity index (χ1n) is 4.44. The molecule has 1 aliphatic carbocycles. The van der Waals surface area contributed by atoms with Gasteiger partial charge in [-0.3, -0.25) is 0 Å². The second-order valence-electron chi connectivity index (χ2n) is 3.23. The summed E-state index contributed by atoms with van der Waals surface area (Å²) in [7, 11) is 0. The molecule has 0 radical (unpaired) electrons. The average Bonchev–Trinajstić information content (AvgIpc) is 2.07. The summed E-state index contributed by atoms with van der Waals surface area (Å²) in [6.45, 7) is 0.626. The van der Waals surface area contributed by atoms with Gasteiger partial charge in [0.25, 0.3) is 6.26 Å². The largest absolute Gasteiger partial charge is 0.428 e. The molecule has 0 unspecified atom stereocenters. The zero-order valence-electron chi connectivity index (χ0n) is 6.88. The Kier molecular flexibility index (Phi) is 3.82. The van der Waals surface area contributed by atoms with Gasteiger partial charge in [0.05, 0.1) is 0 Å². The topological polar surface area (TPSA) is 33.0 Å². The van der Waals surface area contributed by atoms with Gasteiger partial charge in [0.15, 0.2) is 0 Å². The first-order valence-corrected chi connectivity index (χ1v) is 4.44. The van der Waals surface area contributed by atoms with Crippen molar-refractivity contribution in [2.45, 2.75) is 38.5 Å². The molecule has 0 aromatic heterocycles. The van der Waals surface area contributed by atoms with Gasteiger partial charge in [0.1, 0.15) is 6.61 Å². The summed E-state index contributed by atoms with van der Waals surface area (Å²) >= 11 is 0. The van der Waals surface area contributed by atoms with Gasteiger partial charge in [0, 0.05) is 0 Å². The molecule has 0 aromatic rings. The van der Waals surface area contributed by atoms with Crippen molar-refractivity contribution in [1.29, 1.82) is 5.26 Å². The Bertz CT molecular complexity index is 133. The molecule has 1 saturated carbocycles. The van der Waals surface area contributed by atoms with E-state index >= 15 is 0 Å². The minimum Gasteiger partial charge on any atom is -0.428 e. The minimum atomic E-state index is 0.626. The highest BCUT2D eigenvalue weighted by Gasteiger charge is 2.12. The lowest BCUT2D eigenvalue weighted by atomic mass is 9.87. The predicted octanol–water partition coefficient (Wildman–Crippen LogP) is 2.45. The normalized spacial score (nSPS) is 19.2. The third-order valence-corrected chi connectivity index (χ3v) is 2.42. The Morgan fingerprint density at radius 2 is 2.00 bits per heavy atom. The molecule has 62 valence electrons. The SMILES string of the molecule is N#COCCC1CCCCC1. The van der Waals surface area contributed by atoms with E-state index in [9.17, 15) is 0 Å². The second-order valence-corrected chi connectivity index (χ2v) is 3.23. The summed E-state index contributed by atoms with van der Waals surface area (Å²) < 4.78 is 4.64. The van der Waals surface area contributed by atoms with Crippen LogP contribution in [0.2, 0.25) is 0 Å². The van der Waals surface area contributed by atoms with Crippen LogP contribution in [0.4, 0.5) is 0 Å². The van der Waals surface area contributed by atoms with Crippen molar-refractivity contribution < 1.29 is 4.74 Å². The first kappa shape index (κ1) is 8.39. The lowest BCUT2D eigenvalue weighted by Crippen LogP contribution is -2.08. The summed E-state index contributed by atoms with van der Waals surface area (Å²) in [6, 6.07) is 0. The zero-order chi connectivity index (χ0) is 7.94. The molecule has 2 nitrogen and oxygen atoms in total. The fourth-order valence-corrected chi connectivity index (χ4v) is 1.75. The predicted molar refractivity (Wildman–Crippen MR) is 42.8 cm³/mol. The van der Waals surface area contributed by atoms with Crippen LogP contribution in [0, 0.1) is 17.4 Å². The maximum Gasteiger partial charge on any atom is 0.286 e. The molecule has 0 bridgehead atoms. The molecule has 2 heteroatoms. The van der Waals surface area contributed by atoms with Crippen LogP contribution in [0.1, 0.15) is 38.5 Å². The molecule has 0 spiro atoms. The molecule has 1 rings (SSSR count). The van der Waals surface area contributed by atoms with Crippen LogP contribution in [-0.2, 0) is 4.74 Å². The van der Waals surface area contributed by atoms with Crippen LogP contribution >= 0.6 is 0 Å². The van der Waals surface area contributed by atoms with E-state index in [2.05, 4.69) is 4.74 Å². The maximum atomic E-state index is 8.12. The number of nitriles is 1. The van der Waals surface area contributed by atoms with Crippen molar-refractivity contribution in [3.8, 4) is 6.26 Å². The van der Waals surface area contributed by atoms with Crippen molar-refractivity contribution in [2.75, 3.05) is 6.61 Å². The molecule has 0 amide bonds. The lowest BCUT2D eigenvalue weighted by Gasteiger charge is -2.20. The Balaban J connectivity index is 2.01. The molecule has 1 fully saturated rings. The van der Waals surface area contributed by atoms with Crippen molar-refractivity contribution in [2.24, 2.45) is 5.92 Å². The summed E-state index contributed by atoms with van der Waals surface area (Å²) in [4.78, 5) is 0. The van der Waals surface area contributed by atoms with Crippen LogP contribution in [0.3, 0.4) is 0 Å². The molecule has 1 aliphatic rings. The van der Waals surface area contributed by atoms with Gasteiger partial charge in [-0.15, -0.1) is 0 Å². The minimum absolute atomic E-state index is 0.626. The van der Waals surface area contributed by atoms with Gasteiger partial charge in [-0.25, -0.2) is 0 Å². The third kappa shape index (κ3) is 3.27. The maximum absolute atomic E-state index is 8.12. The fourth-order valence-electron chi connectivity index (χ4n) is 1.75.